The molecule has 244 valence electrons. The summed E-state index contributed by atoms with van der Waals surface area (Å²) in [5.74, 6) is -1.10. The number of anilines is 1. The van der Waals surface area contributed by atoms with Crippen molar-refractivity contribution in [3.8, 4) is 5.75 Å². The fourth-order valence-corrected chi connectivity index (χ4v) is 11.6. The van der Waals surface area contributed by atoms with E-state index in [1.807, 2.05) is 29.2 Å². The van der Waals surface area contributed by atoms with Gasteiger partial charge in [0.1, 0.15) is 5.75 Å². The summed E-state index contributed by atoms with van der Waals surface area (Å²) in [4.78, 5) is 72.5. The molecule has 4 fully saturated rings. The molecule has 3 amide bonds. The van der Waals surface area contributed by atoms with Crippen molar-refractivity contribution >= 4 is 52.5 Å². The number of esters is 1. The van der Waals surface area contributed by atoms with Crippen LogP contribution in [0, 0.1) is 29.6 Å². The summed E-state index contributed by atoms with van der Waals surface area (Å²) in [6.07, 6.45) is 4.01. The van der Waals surface area contributed by atoms with Crippen LogP contribution >= 0.6 is 23.1 Å². The second kappa shape index (κ2) is 12.0. The maximum Gasteiger partial charge on any atom is 0.338 e. The Balaban J connectivity index is 1.05. The number of nitrogens with zero attached hydrogens (tertiary/aromatic N) is 2. The van der Waals surface area contributed by atoms with E-state index in [-0.39, 0.29) is 64.7 Å². The third-order valence-corrected chi connectivity index (χ3v) is 13.3. The van der Waals surface area contributed by atoms with Gasteiger partial charge >= 0.3 is 10.8 Å². The topological polar surface area (TPSA) is 126 Å². The van der Waals surface area contributed by atoms with Gasteiger partial charge < -0.3 is 19.4 Å². The molecule has 2 aromatic carbocycles. The normalized spacial score (nSPS) is 29.0. The van der Waals surface area contributed by atoms with Crippen molar-refractivity contribution in [1.82, 2.24) is 9.88 Å². The summed E-state index contributed by atoms with van der Waals surface area (Å²) in [7, 11) is 0. The Morgan fingerprint density at radius 2 is 1.62 bits per heavy atom. The van der Waals surface area contributed by atoms with Gasteiger partial charge in [0.05, 0.1) is 34.7 Å². The number of fused-ring (bicyclic) bond motifs is 9. The number of piperidine rings is 1. The minimum absolute atomic E-state index is 0.000961. The monoisotopic (exact) mass is 673 g/mol. The molecule has 0 radical (unpaired) electrons. The molecule has 3 aliphatic heterocycles. The van der Waals surface area contributed by atoms with Crippen LogP contribution in [0.1, 0.15) is 59.3 Å². The molecule has 4 heterocycles. The van der Waals surface area contributed by atoms with E-state index in [1.54, 1.807) is 43.0 Å². The van der Waals surface area contributed by atoms with Gasteiger partial charge in [-0.3, -0.25) is 24.1 Å². The van der Waals surface area contributed by atoms with E-state index in [1.165, 1.54) is 16.2 Å². The Morgan fingerprint density at radius 1 is 0.915 bits per heavy atom. The third-order valence-electron chi connectivity index (χ3n) is 10.7. The average molecular weight is 674 g/mol. The summed E-state index contributed by atoms with van der Waals surface area (Å²) in [6, 6.07) is 14.2. The smallest absolute Gasteiger partial charge is 0.338 e. The molecular formula is C35H35N3O7S2. The highest BCUT2D eigenvalue weighted by Gasteiger charge is 2.69. The first kappa shape index (κ1) is 30.4. The van der Waals surface area contributed by atoms with Gasteiger partial charge in [-0.25, -0.2) is 4.79 Å². The number of H-pyrrole nitrogens is 1. The molecule has 2 bridgehead atoms. The van der Waals surface area contributed by atoms with Crippen LogP contribution in [0.4, 0.5) is 5.69 Å². The van der Waals surface area contributed by atoms with Crippen LogP contribution in [-0.4, -0.2) is 65.1 Å². The standard InChI is InChI=1S/C35H35N3O7S2/c1-2-44-34(42)19-6-10-20(11-7-19)38-32(40)27-22-16-23(28(27)33(38)41)29-26(22)25(30-31(46-29)36-35(43)47-30)18-8-12-21(13-9-18)45-17-24(39)37-14-4-3-5-15-37/h6-13,22-23,25-29H,2-5,14-17H2,1H3,(H,36,43)/t22?,23?,25-,26?,27?,28?,29?/m1/s1. The van der Waals surface area contributed by atoms with E-state index in [0.717, 1.165) is 54.2 Å². The Labute approximate surface area is 279 Å². The lowest BCUT2D eigenvalue weighted by molar-refractivity contribution is -0.134. The van der Waals surface area contributed by atoms with Crippen molar-refractivity contribution in [2.75, 3.05) is 31.2 Å². The SMILES string of the molecule is CCOC(=O)c1ccc(N2C(=O)C3C4CC(C3C2=O)C2C4Sc3[nH]c(=O)sc3[C@@H]2c2ccc(OCC(=O)N3CCCCC3)cc2)cc1. The number of thioether (sulfide) groups is 1. The third kappa shape index (κ3) is 5.02. The van der Waals surface area contributed by atoms with Crippen LogP contribution in [0.5, 0.6) is 5.75 Å². The number of likely N-dealkylation sites (tertiary alicyclic amines) is 1. The van der Waals surface area contributed by atoms with E-state index < -0.39 is 17.8 Å². The summed E-state index contributed by atoms with van der Waals surface area (Å²) < 4.78 is 11.0. The van der Waals surface area contributed by atoms with Crippen molar-refractivity contribution < 1.29 is 28.7 Å². The summed E-state index contributed by atoms with van der Waals surface area (Å²) >= 11 is 2.87. The first-order chi connectivity index (χ1) is 22.8. The Hall–Kier alpha value is -3.90. The number of rotatable bonds is 7. The van der Waals surface area contributed by atoms with Gasteiger partial charge in [0.15, 0.2) is 6.61 Å². The van der Waals surface area contributed by atoms with E-state index >= 15 is 0 Å². The number of nitrogens with one attached hydrogen (secondary N) is 1. The number of aromatic nitrogens is 1. The molecule has 10 nitrogen and oxygen atoms in total. The minimum Gasteiger partial charge on any atom is -0.484 e. The van der Waals surface area contributed by atoms with Crippen LogP contribution in [0.3, 0.4) is 0 Å². The molecule has 5 aliphatic rings. The van der Waals surface area contributed by atoms with Crippen LogP contribution in [-0.2, 0) is 19.1 Å². The quantitative estimate of drug-likeness (QED) is 0.283. The molecule has 12 heteroatoms. The zero-order valence-corrected chi connectivity index (χ0v) is 27.5. The average Bonchev–Trinajstić information content (AvgIpc) is 3.83. The second-order valence-electron chi connectivity index (χ2n) is 13.0. The minimum atomic E-state index is -0.448. The zero-order chi connectivity index (χ0) is 32.4. The van der Waals surface area contributed by atoms with Crippen LogP contribution < -0.4 is 14.5 Å². The number of thiazole rings is 1. The van der Waals surface area contributed by atoms with Gasteiger partial charge in [0, 0.05) is 29.1 Å². The second-order valence-corrected chi connectivity index (χ2v) is 15.2. The van der Waals surface area contributed by atoms with Gasteiger partial charge in [-0.05, 0) is 92.3 Å². The summed E-state index contributed by atoms with van der Waals surface area (Å²) in [5, 5.41) is 0.927. The maximum absolute atomic E-state index is 14.1. The van der Waals surface area contributed by atoms with Crippen molar-refractivity contribution in [3.05, 3.63) is 74.2 Å². The number of carbonyl (C=O) groups excluding carboxylic acids is 4. The van der Waals surface area contributed by atoms with Gasteiger partial charge in [-0.15, -0.1) is 11.8 Å². The molecule has 2 saturated heterocycles. The molecule has 2 saturated carbocycles. The first-order valence-electron chi connectivity index (χ1n) is 16.4. The van der Waals surface area contributed by atoms with Crippen molar-refractivity contribution in [1.29, 1.82) is 0 Å². The first-order valence-corrected chi connectivity index (χ1v) is 18.1. The van der Waals surface area contributed by atoms with Gasteiger partial charge in [0.25, 0.3) is 5.91 Å². The lowest BCUT2D eigenvalue weighted by Crippen LogP contribution is -2.42. The molecule has 2 aliphatic carbocycles. The lowest BCUT2D eigenvalue weighted by atomic mass is 9.68. The van der Waals surface area contributed by atoms with E-state index in [9.17, 15) is 24.0 Å². The van der Waals surface area contributed by atoms with Crippen molar-refractivity contribution in [2.45, 2.75) is 48.8 Å². The molecule has 1 aromatic heterocycles. The van der Waals surface area contributed by atoms with Gasteiger partial charge in [-0.2, -0.15) is 0 Å². The fraction of sp³-hybridized carbons (Fsp3) is 0.457. The number of imide groups is 1. The summed E-state index contributed by atoms with van der Waals surface area (Å²) in [6.45, 7) is 3.56. The maximum atomic E-state index is 14.1. The highest BCUT2D eigenvalue weighted by molar-refractivity contribution is 8.00. The van der Waals surface area contributed by atoms with Crippen LogP contribution in [0.25, 0.3) is 0 Å². The fourth-order valence-electron chi connectivity index (χ4n) is 8.76. The largest absolute Gasteiger partial charge is 0.484 e. The van der Waals surface area contributed by atoms with Crippen LogP contribution in [0.2, 0.25) is 0 Å². The molecule has 1 N–H and O–H groups in total. The molecular weight excluding hydrogens is 639 g/mol. The highest BCUT2D eigenvalue weighted by atomic mass is 32.2. The van der Waals surface area contributed by atoms with Crippen LogP contribution in [0.15, 0.2) is 58.4 Å². The van der Waals surface area contributed by atoms with E-state index in [4.69, 9.17) is 9.47 Å². The predicted octanol–water partition coefficient (Wildman–Crippen LogP) is 4.68. The van der Waals surface area contributed by atoms with Gasteiger partial charge in [0.2, 0.25) is 11.8 Å². The number of benzene rings is 2. The summed E-state index contributed by atoms with van der Waals surface area (Å²) in [5.41, 5.74) is 1.86. The lowest BCUT2D eigenvalue weighted by Gasteiger charge is -2.43. The zero-order valence-electron chi connectivity index (χ0n) is 25.9. The Bertz CT molecular complexity index is 1800. The number of amides is 3. The molecule has 8 rings (SSSR count). The van der Waals surface area contributed by atoms with Crippen molar-refractivity contribution in [2.24, 2.45) is 29.6 Å². The Morgan fingerprint density at radius 3 is 2.32 bits per heavy atom. The molecule has 3 aromatic rings. The number of hydrogen-bond donors (Lipinski definition) is 1. The predicted molar refractivity (Wildman–Crippen MR) is 176 cm³/mol. The number of aromatic amines is 1. The van der Waals surface area contributed by atoms with E-state index in [2.05, 4.69) is 4.98 Å². The molecule has 47 heavy (non-hydrogen) atoms. The van der Waals surface area contributed by atoms with Gasteiger partial charge in [-0.1, -0.05) is 23.5 Å². The Kier molecular flexibility index (Phi) is 7.75. The molecule has 6 unspecified atom stereocenters. The molecule has 7 atom stereocenters. The van der Waals surface area contributed by atoms with E-state index in [0.29, 0.717) is 17.0 Å². The molecule has 0 spiro atoms. The highest BCUT2D eigenvalue weighted by Crippen LogP contribution is 2.68. The number of ether oxygens (including phenoxy) is 2. The van der Waals surface area contributed by atoms with Crippen molar-refractivity contribution in [3.63, 3.8) is 0 Å². The number of carbonyl (C=O) groups is 4. The number of hydrogen-bond acceptors (Lipinski definition) is 9.